The number of piperidine rings is 1. The fraction of sp³-hybridized carbons (Fsp3) is 0.316. The molecule has 1 heterocycles. The molecule has 5 nitrogen and oxygen atoms in total. The van der Waals surface area contributed by atoms with Gasteiger partial charge in [0.2, 0.25) is 15.9 Å². The minimum Gasteiger partial charge on any atom is -0.323 e. The summed E-state index contributed by atoms with van der Waals surface area (Å²) in [6.45, 7) is 0.505. The van der Waals surface area contributed by atoms with Gasteiger partial charge < -0.3 is 5.32 Å². The van der Waals surface area contributed by atoms with Crippen molar-refractivity contribution in [3.8, 4) is 0 Å². The van der Waals surface area contributed by atoms with Crippen molar-refractivity contribution >= 4 is 37.5 Å². The first kappa shape index (κ1) is 20.0. The molecular formula is C19H20BrFN2O3S. The second-order valence-corrected chi connectivity index (χ2v) is 9.44. The Balaban J connectivity index is 1.67. The zero-order chi connectivity index (χ0) is 19.4. The number of hydrogen-bond acceptors (Lipinski definition) is 3. The number of sulfonamides is 1. The van der Waals surface area contributed by atoms with E-state index in [9.17, 15) is 17.6 Å². The van der Waals surface area contributed by atoms with E-state index in [0.29, 0.717) is 29.4 Å². The summed E-state index contributed by atoms with van der Waals surface area (Å²) in [6, 6.07) is 13.3. The fourth-order valence-corrected chi connectivity index (χ4v) is 5.05. The van der Waals surface area contributed by atoms with Gasteiger partial charge in [-0.1, -0.05) is 46.3 Å². The average molecular weight is 455 g/mol. The number of carbonyl (C=O) groups excluding carboxylic acids is 1. The van der Waals surface area contributed by atoms with Gasteiger partial charge in [0, 0.05) is 17.6 Å². The molecule has 1 amide bonds. The second kappa shape index (κ2) is 8.50. The highest BCUT2D eigenvalue weighted by molar-refractivity contribution is 9.10. The zero-order valence-corrected chi connectivity index (χ0v) is 17.0. The van der Waals surface area contributed by atoms with E-state index in [2.05, 4.69) is 21.2 Å². The third-order valence-corrected chi connectivity index (χ3v) is 6.84. The highest BCUT2D eigenvalue weighted by atomic mass is 79.9. The van der Waals surface area contributed by atoms with Crippen LogP contribution in [0.3, 0.4) is 0 Å². The van der Waals surface area contributed by atoms with E-state index in [1.807, 2.05) is 6.07 Å². The van der Waals surface area contributed by atoms with Crippen LogP contribution in [0.2, 0.25) is 0 Å². The minimum absolute atomic E-state index is 0.0902. The Morgan fingerprint density at radius 1 is 1.22 bits per heavy atom. The normalized spacial score (nSPS) is 18.2. The van der Waals surface area contributed by atoms with Crippen molar-refractivity contribution in [1.29, 1.82) is 0 Å². The van der Waals surface area contributed by atoms with Crippen LogP contribution in [0.5, 0.6) is 0 Å². The molecule has 0 aliphatic carbocycles. The summed E-state index contributed by atoms with van der Waals surface area (Å²) in [4.78, 5) is 12.5. The molecule has 8 heteroatoms. The predicted molar refractivity (Wildman–Crippen MR) is 106 cm³/mol. The number of nitrogens with one attached hydrogen (secondary N) is 1. The molecule has 1 aliphatic rings. The maximum absolute atomic E-state index is 13.9. The minimum atomic E-state index is -3.52. The smallest absolute Gasteiger partial charge is 0.228 e. The summed E-state index contributed by atoms with van der Waals surface area (Å²) in [5, 5.41) is 2.57. The van der Waals surface area contributed by atoms with Gasteiger partial charge >= 0.3 is 0 Å². The van der Waals surface area contributed by atoms with Crippen molar-refractivity contribution in [2.45, 2.75) is 18.6 Å². The first-order chi connectivity index (χ1) is 12.8. The topological polar surface area (TPSA) is 66.5 Å². The highest BCUT2D eigenvalue weighted by Crippen LogP contribution is 2.24. The Labute approximate surface area is 166 Å². The first-order valence-electron chi connectivity index (χ1n) is 8.63. The van der Waals surface area contributed by atoms with Crippen LogP contribution >= 0.6 is 15.9 Å². The van der Waals surface area contributed by atoms with Gasteiger partial charge in [0.15, 0.2) is 0 Å². The number of benzene rings is 2. The summed E-state index contributed by atoms with van der Waals surface area (Å²) in [7, 11) is -3.52. The van der Waals surface area contributed by atoms with Crippen molar-refractivity contribution < 1.29 is 17.6 Å². The quantitative estimate of drug-likeness (QED) is 0.747. The van der Waals surface area contributed by atoms with E-state index in [4.69, 9.17) is 0 Å². The molecule has 0 saturated carbocycles. The average Bonchev–Trinajstić information content (AvgIpc) is 2.64. The predicted octanol–water partition coefficient (Wildman–Crippen LogP) is 3.77. The van der Waals surface area contributed by atoms with Crippen LogP contribution in [0.15, 0.2) is 53.0 Å². The van der Waals surface area contributed by atoms with Crippen LogP contribution in [-0.2, 0) is 20.6 Å². The monoisotopic (exact) mass is 454 g/mol. The van der Waals surface area contributed by atoms with Crippen LogP contribution in [0.25, 0.3) is 0 Å². The summed E-state index contributed by atoms with van der Waals surface area (Å²) < 4.78 is 41.3. The molecular weight excluding hydrogens is 435 g/mol. The molecule has 0 bridgehead atoms. The third kappa shape index (κ3) is 5.15. The maximum atomic E-state index is 13.9. The van der Waals surface area contributed by atoms with Crippen molar-refractivity contribution in [3.05, 3.63) is 64.4 Å². The molecule has 0 aromatic heterocycles. The molecule has 1 N–H and O–H groups in total. The summed E-state index contributed by atoms with van der Waals surface area (Å²) in [5.74, 6) is -1.51. The summed E-state index contributed by atoms with van der Waals surface area (Å²) in [6.07, 6.45) is 1.16. The van der Waals surface area contributed by atoms with E-state index >= 15 is 0 Å². The fourth-order valence-electron chi connectivity index (χ4n) is 3.11. The first-order valence-corrected chi connectivity index (χ1v) is 11.0. The van der Waals surface area contributed by atoms with Crippen LogP contribution in [-0.4, -0.2) is 31.7 Å². The van der Waals surface area contributed by atoms with E-state index in [-0.39, 0.29) is 23.9 Å². The van der Waals surface area contributed by atoms with Gasteiger partial charge in [-0.2, -0.15) is 0 Å². The largest absolute Gasteiger partial charge is 0.323 e. The molecule has 1 atom stereocenters. The molecule has 3 rings (SSSR count). The Hall–Kier alpha value is -1.77. The lowest BCUT2D eigenvalue weighted by atomic mass is 9.98. The van der Waals surface area contributed by atoms with E-state index in [1.165, 1.54) is 16.4 Å². The lowest BCUT2D eigenvalue weighted by Gasteiger charge is -2.31. The molecule has 0 spiro atoms. The van der Waals surface area contributed by atoms with Crippen LogP contribution in [0.4, 0.5) is 10.1 Å². The molecule has 0 unspecified atom stereocenters. The molecule has 1 saturated heterocycles. The van der Waals surface area contributed by atoms with Crippen LogP contribution in [0, 0.1) is 11.7 Å². The molecule has 1 fully saturated rings. The lowest BCUT2D eigenvalue weighted by molar-refractivity contribution is -0.120. The molecule has 2 aromatic carbocycles. The summed E-state index contributed by atoms with van der Waals surface area (Å²) in [5.41, 5.74) is 0.800. The van der Waals surface area contributed by atoms with Crippen LogP contribution in [0.1, 0.15) is 18.4 Å². The number of amides is 1. The van der Waals surface area contributed by atoms with Gasteiger partial charge in [-0.3, -0.25) is 4.79 Å². The Bertz CT molecular complexity index is 922. The molecule has 0 radical (unpaired) electrons. The van der Waals surface area contributed by atoms with Crippen molar-refractivity contribution in [2.75, 3.05) is 18.4 Å². The van der Waals surface area contributed by atoms with E-state index < -0.39 is 21.8 Å². The highest BCUT2D eigenvalue weighted by Gasteiger charge is 2.32. The molecule has 27 heavy (non-hydrogen) atoms. The van der Waals surface area contributed by atoms with Crippen molar-refractivity contribution in [2.24, 2.45) is 5.92 Å². The number of carbonyl (C=O) groups is 1. The standard InChI is InChI=1S/C19H20BrFN2O3S/c20-16-8-9-18(17(21)11-16)22-19(24)15-7-4-10-23(12-15)27(25,26)13-14-5-2-1-3-6-14/h1-3,5-6,8-9,11,15H,4,7,10,12-13H2,(H,22,24)/t15-/m1/s1. The SMILES string of the molecule is O=C(Nc1ccc(Br)cc1F)[C@@H]1CCCN(S(=O)(=O)Cc2ccccc2)C1. The third-order valence-electron chi connectivity index (χ3n) is 4.53. The molecule has 144 valence electrons. The lowest BCUT2D eigenvalue weighted by Crippen LogP contribution is -2.44. The van der Waals surface area contributed by atoms with Crippen molar-refractivity contribution in [3.63, 3.8) is 0 Å². The van der Waals surface area contributed by atoms with Gasteiger partial charge in [0.05, 0.1) is 17.4 Å². The number of anilines is 1. The second-order valence-electron chi connectivity index (χ2n) is 6.55. The number of hydrogen-bond donors (Lipinski definition) is 1. The Morgan fingerprint density at radius 3 is 2.67 bits per heavy atom. The van der Waals surface area contributed by atoms with E-state index in [1.54, 1.807) is 30.3 Å². The summed E-state index contributed by atoms with van der Waals surface area (Å²) >= 11 is 3.17. The Kier molecular flexibility index (Phi) is 6.29. The van der Waals surface area contributed by atoms with E-state index in [0.717, 1.165) is 0 Å². The number of halogens is 2. The van der Waals surface area contributed by atoms with Gasteiger partial charge in [-0.25, -0.2) is 17.1 Å². The zero-order valence-electron chi connectivity index (χ0n) is 14.6. The number of rotatable bonds is 5. The Morgan fingerprint density at radius 2 is 1.96 bits per heavy atom. The molecule has 1 aliphatic heterocycles. The molecule has 2 aromatic rings. The van der Waals surface area contributed by atoms with Gasteiger partial charge in [0.1, 0.15) is 5.82 Å². The van der Waals surface area contributed by atoms with Gasteiger partial charge in [0.25, 0.3) is 0 Å². The van der Waals surface area contributed by atoms with Crippen LogP contribution < -0.4 is 5.32 Å². The maximum Gasteiger partial charge on any atom is 0.228 e. The van der Waals surface area contributed by atoms with Crippen molar-refractivity contribution in [1.82, 2.24) is 4.31 Å². The van der Waals surface area contributed by atoms with Gasteiger partial charge in [-0.15, -0.1) is 0 Å². The number of nitrogens with zero attached hydrogens (tertiary/aromatic N) is 1. The van der Waals surface area contributed by atoms with Gasteiger partial charge in [-0.05, 0) is 36.6 Å².